The Labute approximate surface area is 275 Å². The van der Waals surface area contributed by atoms with E-state index in [1.54, 1.807) is 63.2 Å². The van der Waals surface area contributed by atoms with Crippen molar-refractivity contribution in [2.75, 3.05) is 26.6 Å². The molecule has 0 radical (unpaired) electrons. The highest BCUT2D eigenvalue weighted by Crippen LogP contribution is 2.37. The molecule has 0 fully saturated rings. The number of thiazole rings is 1. The van der Waals surface area contributed by atoms with Gasteiger partial charge in [-0.05, 0) is 60.5 Å². The van der Waals surface area contributed by atoms with E-state index in [1.807, 2.05) is 72.8 Å². The average molecular weight is 648 g/mol. The van der Waals surface area contributed by atoms with Crippen LogP contribution in [0.1, 0.15) is 29.7 Å². The third-order valence-corrected chi connectivity index (χ3v) is 8.74. The van der Waals surface area contributed by atoms with E-state index in [4.69, 9.17) is 23.9 Å². The summed E-state index contributed by atoms with van der Waals surface area (Å²) >= 11 is 1.25. The van der Waals surface area contributed by atoms with Gasteiger partial charge in [-0.25, -0.2) is 4.99 Å². The van der Waals surface area contributed by atoms with Crippen LogP contribution in [-0.4, -0.2) is 31.8 Å². The van der Waals surface area contributed by atoms with E-state index in [0.29, 0.717) is 61.5 Å². The zero-order valence-corrected chi connectivity index (χ0v) is 27.2. The summed E-state index contributed by atoms with van der Waals surface area (Å²) in [5, 5.41) is 2.97. The van der Waals surface area contributed by atoms with Crippen molar-refractivity contribution in [3.8, 4) is 23.0 Å². The van der Waals surface area contributed by atoms with Crippen LogP contribution in [0.4, 0.5) is 5.69 Å². The normalized spacial score (nSPS) is 14.2. The molecule has 0 bridgehead atoms. The van der Waals surface area contributed by atoms with Crippen molar-refractivity contribution in [2.24, 2.45) is 4.99 Å². The Kier molecular flexibility index (Phi) is 9.21. The molecule has 1 aromatic heterocycles. The lowest BCUT2D eigenvalue weighted by atomic mass is 9.94. The molecule has 1 aliphatic rings. The number of anilines is 1. The average Bonchev–Trinajstić information content (AvgIpc) is 3.40. The van der Waals surface area contributed by atoms with Crippen LogP contribution < -0.4 is 39.2 Å². The Hall–Kier alpha value is -5.61. The SMILES string of the molecule is COc1ccc([C@H]2C(C(=O)Nc3ccccc3)=C(C)N=c3s/c(=C\c4ccc(OCc5ccccc5)c(OC)c4)c(=O)n32)c(OC)c1. The van der Waals surface area contributed by atoms with Crippen molar-refractivity contribution in [1.82, 2.24) is 4.57 Å². The number of methoxy groups -OCH3 is 3. The van der Waals surface area contributed by atoms with Gasteiger partial charge in [0.05, 0.1) is 37.1 Å². The van der Waals surface area contributed by atoms with Crippen molar-refractivity contribution < 1.29 is 23.7 Å². The number of ether oxygens (including phenoxy) is 4. The molecule has 10 heteroatoms. The largest absolute Gasteiger partial charge is 0.497 e. The maximum absolute atomic E-state index is 14.2. The van der Waals surface area contributed by atoms with Gasteiger partial charge in [-0.3, -0.25) is 14.2 Å². The molecular weight excluding hydrogens is 614 g/mol. The Bertz CT molecular complexity index is 2140. The van der Waals surface area contributed by atoms with E-state index >= 15 is 0 Å². The summed E-state index contributed by atoms with van der Waals surface area (Å²) in [4.78, 5) is 33.4. The standard InChI is InChI=1S/C37H33N3O6S/c1-23-33(35(41)39-26-13-9-6-10-14-26)34(28-17-16-27(43-2)21-30(28)44-3)40-36(42)32(47-37(40)38-23)20-25-15-18-29(31(19-25)45-4)46-22-24-11-7-5-8-12-24/h5-21,34H,22H2,1-4H3,(H,39,41)/b32-20-/t34-/m0/s1. The predicted octanol–water partition coefficient (Wildman–Crippen LogP) is 5.48. The van der Waals surface area contributed by atoms with E-state index in [9.17, 15) is 9.59 Å². The molecule has 5 aromatic rings. The van der Waals surface area contributed by atoms with Crippen molar-refractivity contribution in [3.05, 3.63) is 145 Å². The van der Waals surface area contributed by atoms with Crippen LogP contribution in [0.25, 0.3) is 6.08 Å². The van der Waals surface area contributed by atoms with Crippen LogP contribution in [-0.2, 0) is 11.4 Å². The number of nitrogens with one attached hydrogen (secondary N) is 1. The third kappa shape index (κ3) is 6.54. The minimum Gasteiger partial charge on any atom is -0.497 e. The quantitative estimate of drug-likeness (QED) is 0.216. The van der Waals surface area contributed by atoms with Crippen molar-refractivity contribution >= 4 is 29.0 Å². The molecule has 2 heterocycles. The van der Waals surface area contributed by atoms with Gasteiger partial charge < -0.3 is 24.3 Å². The topological polar surface area (TPSA) is 100 Å². The highest BCUT2D eigenvalue weighted by molar-refractivity contribution is 7.07. The van der Waals surface area contributed by atoms with E-state index in [2.05, 4.69) is 5.32 Å². The van der Waals surface area contributed by atoms with Gasteiger partial charge in [0.25, 0.3) is 11.5 Å². The molecule has 6 rings (SSSR count). The summed E-state index contributed by atoms with van der Waals surface area (Å²) in [5.41, 5.74) is 3.56. The molecule has 0 saturated carbocycles. The fourth-order valence-electron chi connectivity index (χ4n) is 5.45. The van der Waals surface area contributed by atoms with Crippen LogP contribution in [0.3, 0.4) is 0 Å². The van der Waals surface area contributed by atoms with Crippen LogP contribution in [0, 0.1) is 0 Å². The minimum atomic E-state index is -0.818. The predicted molar refractivity (Wildman–Crippen MR) is 182 cm³/mol. The fourth-order valence-corrected chi connectivity index (χ4v) is 6.50. The molecule has 0 unspecified atom stereocenters. The number of hydrogen-bond donors (Lipinski definition) is 1. The Morgan fingerprint density at radius 3 is 2.30 bits per heavy atom. The van der Waals surface area contributed by atoms with Crippen molar-refractivity contribution in [3.63, 3.8) is 0 Å². The highest BCUT2D eigenvalue weighted by Gasteiger charge is 2.34. The van der Waals surface area contributed by atoms with Crippen LogP contribution >= 0.6 is 11.3 Å². The molecular formula is C37H33N3O6S. The first-order chi connectivity index (χ1) is 22.9. The van der Waals surface area contributed by atoms with E-state index in [1.165, 1.54) is 11.3 Å². The minimum absolute atomic E-state index is 0.294. The highest BCUT2D eigenvalue weighted by atomic mass is 32.1. The second-order valence-corrected chi connectivity index (χ2v) is 11.7. The molecule has 9 nitrogen and oxygen atoms in total. The number of para-hydroxylation sites is 1. The molecule has 1 N–H and O–H groups in total. The zero-order valence-electron chi connectivity index (χ0n) is 26.4. The maximum Gasteiger partial charge on any atom is 0.271 e. The summed E-state index contributed by atoms with van der Waals surface area (Å²) in [6.07, 6.45) is 1.79. The van der Waals surface area contributed by atoms with Gasteiger partial charge >= 0.3 is 0 Å². The van der Waals surface area contributed by atoms with Gasteiger partial charge in [-0.15, -0.1) is 0 Å². The first-order valence-electron chi connectivity index (χ1n) is 14.9. The lowest BCUT2D eigenvalue weighted by molar-refractivity contribution is -0.113. The second-order valence-electron chi connectivity index (χ2n) is 10.7. The number of allylic oxidation sites excluding steroid dienone is 1. The Morgan fingerprint density at radius 2 is 1.60 bits per heavy atom. The monoisotopic (exact) mass is 647 g/mol. The third-order valence-electron chi connectivity index (χ3n) is 7.76. The van der Waals surface area contributed by atoms with Crippen molar-refractivity contribution in [1.29, 1.82) is 0 Å². The first kappa shape index (κ1) is 31.4. The van der Waals surface area contributed by atoms with Gasteiger partial charge in [0.15, 0.2) is 16.3 Å². The summed E-state index contributed by atoms with van der Waals surface area (Å²) < 4.78 is 24.8. The summed E-state index contributed by atoms with van der Waals surface area (Å²) in [6.45, 7) is 2.17. The lowest BCUT2D eigenvalue weighted by Gasteiger charge is -2.26. The molecule has 0 spiro atoms. The molecule has 47 heavy (non-hydrogen) atoms. The smallest absolute Gasteiger partial charge is 0.271 e. The number of fused-ring (bicyclic) bond motifs is 1. The van der Waals surface area contributed by atoms with E-state index in [0.717, 1.165) is 11.1 Å². The van der Waals surface area contributed by atoms with E-state index < -0.39 is 6.04 Å². The molecule has 0 aliphatic carbocycles. The number of aromatic nitrogens is 1. The number of carbonyl (C=O) groups excluding carboxylic acids is 1. The van der Waals surface area contributed by atoms with Gasteiger partial charge in [0.1, 0.15) is 24.1 Å². The molecule has 1 atom stereocenters. The van der Waals surface area contributed by atoms with Gasteiger partial charge in [0.2, 0.25) is 0 Å². The molecule has 1 aliphatic heterocycles. The summed E-state index contributed by atoms with van der Waals surface area (Å²) in [5.74, 6) is 1.81. The Morgan fingerprint density at radius 1 is 0.872 bits per heavy atom. The molecule has 238 valence electrons. The maximum atomic E-state index is 14.2. The van der Waals surface area contributed by atoms with Gasteiger partial charge in [0, 0.05) is 17.3 Å². The second kappa shape index (κ2) is 13.8. The number of rotatable bonds is 10. The zero-order chi connectivity index (χ0) is 32.9. The number of carbonyl (C=O) groups is 1. The van der Waals surface area contributed by atoms with Crippen LogP contribution in [0.5, 0.6) is 23.0 Å². The molecule has 0 saturated heterocycles. The molecule has 4 aromatic carbocycles. The number of hydrogen-bond acceptors (Lipinski definition) is 8. The molecule has 1 amide bonds. The van der Waals surface area contributed by atoms with Gasteiger partial charge in [-0.2, -0.15) is 0 Å². The summed E-state index contributed by atoms with van der Waals surface area (Å²) in [6, 6.07) is 29.1. The fraction of sp³-hybridized carbons (Fsp3) is 0.162. The summed E-state index contributed by atoms with van der Waals surface area (Å²) in [7, 11) is 4.69. The number of nitrogens with zero attached hydrogens (tertiary/aromatic N) is 2. The van der Waals surface area contributed by atoms with Gasteiger partial charge in [-0.1, -0.05) is 65.9 Å². The lowest BCUT2D eigenvalue weighted by Crippen LogP contribution is -2.40. The van der Waals surface area contributed by atoms with E-state index in [-0.39, 0.29) is 11.5 Å². The number of amides is 1. The number of benzene rings is 4. The van der Waals surface area contributed by atoms with Crippen molar-refractivity contribution in [2.45, 2.75) is 19.6 Å². The first-order valence-corrected chi connectivity index (χ1v) is 15.7. The van der Waals surface area contributed by atoms with Crippen LogP contribution in [0.15, 0.2) is 118 Å². The Balaban J connectivity index is 1.43. The van der Waals surface area contributed by atoms with Crippen LogP contribution in [0.2, 0.25) is 0 Å².